The zero-order valence-electron chi connectivity index (χ0n) is 8.93. The number of hydrogen-bond acceptors (Lipinski definition) is 4. The van der Waals surface area contributed by atoms with Gasteiger partial charge in [-0.2, -0.15) is 0 Å². The van der Waals surface area contributed by atoms with E-state index in [0.29, 0.717) is 11.3 Å². The molecule has 0 unspecified atom stereocenters. The third kappa shape index (κ3) is 1.56. The molecule has 0 radical (unpaired) electrons. The van der Waals surface area contributed by atoms with Gasteiger partial charge in [-0.1, -0.05) is 0 Å². The Balaban J connectivity index is 2.87. The van der Waals surface area contributed by atoms with Gasteiger partial charge in [0.25, 0.3) is 5.56 Å². The summed E-state index contributed by atoms with van der Waals surface area (Å²) in [5, 5.41) is 0. The van der Waals surface area contributed by atoms with Crippen LogP contribution in [0.5, 0.6) is 0 Å². The summed E-state index contributed by atoms with van der Waals surface area (Å²) in [6, 6.07) is 4.60. The van der Waals surface area contributed by atoms with Crippen molar-refractivity contribution >= 4 is 11.6 Å². The van der Waals surface area contributed by atoms with Gasteiger partial charge in [0, 0.05) is 18.0 Å². The summed E-state index contributed by atoms with van der Waals surface area (Å²) in [7, 11) is 1.29. The first-order chi connectivity index (χ1) is 7.63. The molecule has 2 aromatic rings. The predicted molar refractivity (Wildman–Crippen MR) is 57.5 cm³/mol. The SMILES string of the molecule is COC(=O)c1cccn2c(=O)cc(C)nc12. The van der Waals surface area contributed by atoms with Crippen molar-refractivity contribution in [1.29, 1.82) is 0 Å². The molecule has 0 spiro atoms. The number of nitrogens with zero attached hydrogens (tertiary/aromatic N) is 2. The molecular weight excluding hydrogens is 208 g/mol. The Bertz CT molecular complexity index is 616. The van der Waals surface area contributed by atoms with Crippen LogP contribution in [0.3, 0.4) is 0 Å². The first-order valence-corrected chi connectivity index (χ1v) is 4.71. The highest BCUT2D eigenvalue weighted by atomic mass is 16.5. The number of rotatable bonds is 1. The lowest BCUT2D eigenvalue weighted by Gasteiger charge is -2.05. The van der Waals surface area contributed by atoms with Crippen LogP contribution in [0.2, 0.25) is 0 Å². The van der Waals surface area contributed by atoms with Crippen LogP contribution in [0.15, 0.2) is 29.2 Å². The average Bonchev–Trinajstić information content (AvgIpc) is 2.27. The number of carbonyl (C=O) groups excluding carboxylic acids is 1. The fourth-order valence-electron chi connectivity index (χ4n) is 1.51. The quantitative estimate of drug-likeness (QED) is 0.664. The fourth-order valence-corrected chi connectivity index (χ4v) is 1.51. The number of fused-ring (bicyclic) bond motifs is 1. The number of ether oxygens (including phenoxy) is 1. The van der Waals surface area contributed by atoms with Gasteiger partial charge in [-0.3, -0.25) is 9.20 Å². The number of methoxy groups -OCH3 is 1. The predicted octanol–water partition coefficient (Wildman–Crippen LogP) is 0.790. The highest BCUT2D eigenvalue weighted by Crippen LogP contribution is 2.08. The molecule has 0 aliphatic rings. The monoisotopic (exact) mass is 218 g/mol. The Kier molecular flexibility index (Phi) is 2.44. The lowest BCUT2D eigenvalue weighted by molar-refractivity contribution is 0.0602. The van der Waals surface area contributed by atoms with Crippen molar-refractivity contribution < 1.29 is 9.53 Å². The summed E-state index contributed by atoms with van der Waals surface area (Å²) in [5.74, 6) is -0.504. The molecule has 2 rings (SSSR count). The van der Waals surface area contributed by atoms with Crippen LogP contribution < -0.4 is 5.56 Å². The van der Waals surface area contributed by atoms with Gasteiger partial charge >= 0.3 is 5.97 Å². The average molecular weight is 218 g/mol. The van der Waals surface area contributed by atoms with Gasteiger partial charge in [0.2, 0.25) is 0 Å². The number of aromatic nitrogens is 2. The summed E-state index contributed by atoms with van der Waals surface area (Å²) in [5.41, 5.74) is 0.958. The molecule has 0 aromatic carbocycles. The molecule has 0 N–H and O–H groups in total. The molecule has 0 bridgehead atoms. The molecule has 0 saturated carbocycles. The smallest absolute Gasteiger partial charge is 0.341 e. The second-order valence-electron chi connectivity index (χ2n) is 3.34. The molecule has 0 amide bonds. The van der Waals surface area contributed by atoms with Gasteiger partial charge in [-0.15, -0.1) is 0 Å². The molecule has 16 heavy (non-hydrogen) atoms. The normalized spacial score (nSPS) is 10.4. The second kappa shape index (κ2) is 3.77. The first-order valence-electron chi connectivity index (χ1n) is 4.71. The van der Waals surface area contributed by atoms with Crippen LogP contribution in [-0.4, -0.2) is 22.5 Å². The highest BCUT2D eigenvalue weighted by Gasteiger charge is 2.12. The molecular formula is C11H10N2O3. The zero-order valence-corrected chi connectivity index (χ0v) is 8.93. The van der Waals surface area contributed by atoms with Crippen molar-refractivity contribution in [3.8, 4) is 0 Å². The van der Waals surface area contributed by atoms with Crippen molar-refractivity contribution in [2.45, 2.75) is 6.92 Å². The van der Waals surface area contributed by atoms with Gasteiger partial charge in [0.15, 0.2) is 5.65 Å². The standard InChI is InChI=1S/C11H10N2O3/c1-7-6-9(14)13-5-3-4-8(10(13)12-7)11(15)16-2/h3-6H,1-2H3. The van der Waals surface area contributed by atoms with Crippen molar-refractivity contribution in [2.75, 3.05) is 7.11 Å². The molecule has 82 valence electrons. The highest BCUT2D eigenvalue weighted by molar-refractivity contribution is 5.95. The topological polar surface area (TPSA) is 60.7 Å². The van der Waals surface area contributed by atoms with Gasteiger partial charge in [-0.05, 0) is 19.1 Å². The van der Waals surface area contributed by atoms with Crippen LogP contribution in [0, 0.1) is 6.92 Å². The Morgan fingerprint density at radius 1 is 1.50 bits per heavy atom. The van der Waals surface area contributed by atoms with Gasteiger partial charge in [0.05, 0.1) is 7.11 Å². The number of esters is 1. The third-order valence-corrected chi connectivity index (χ3v) is 2.22. The van der Waals surface area contributed by atoms with Crippen LogP contribution in [0.1, 0.15) is 16.1 Å². The molecule has 0 fully saturated rings. The largest absolute Gasteiger partial charge is 0.465 e. The molecule has 5 nitrogen and oxygen atoms in total. The zero-order chi connectivity index (χ0) is 11.7. The van der Waals surface area contributed by atoms with E-state index in [1.54, 1.807) is 25.3 Å². The summed E-state index contributed by atoms with van der Waals surface area (Å²) < 4.78 is 5.95. The molecule has 0 aliphatic carbocycles. The van der Waals surface area contributed by atoms with Crippen LogP contribution in [0.4, 0.5) is 0 Å². The molecule has 0 saturated heterocycles. The Hall–Kier alpha value is -2.17. The third-order valence-electron chi connectivity index (χ3n) is 2.22. The lowest BCUT2D eigenvalue weighted by Crippen LogP contribution is -2.17. The van der Waals surface area contributed by atoms with E-state index in [9.17, 15) is 9.59 Å². The van der Waals surface area contributed by atoms with E-state index in [2.05, 4.69) is 9.72 Å². The van der Waals surface area contributed by atoms with Crippen molar-refractivity contribution in [2.24, 2.45) is 0 Å². The van der Waals surface area contributed by atoms with E-state index in [-0.39, 0.29) is 11.1 Å². The van der Waals surface area contributed by atoms with Crippen molar-refractivity contribution in [3.63, 3.8) is 0 Å². The second-order valence-corrected chi connectivity index (χ2v) is 3.34. The van der Waals surface area contributed by atoms with Gasteiger partial charge in [0.1, 0.15) is 5.56 Å². The summed E-state index contributed by atoms with van der Waals surface area (Å²) in [6.45, 7) is 1.70. The molecule has 5 heteroatoms. The minimum absolute atomic E-state index is 0.215. The Morgan fingerprint density at radius 2 is 2.25 bits per heavy atom. The van der Waals surface area contributed by atoms with Crippen LogP contribution >= 0.6 is 0 Å². The van der Waals surface area contributed by atoms with E-state index in [4.69, 9.17) is 0 Å². The van der Waals surface area contributed by atoms with E-state index in [0.717, 1.165) is 0 Å². The van der Waals surface area contributed by atoms with E-state index < -0.39 is 5.97 Å². The number of aryl methyl sites for hydroxylation is 1. The van der Waals surface area contributed by atoms with Crippen LogP contribution in [0.25, 0.3) is 5.65 Å². The molecule has 0 aliphatic heterocycles. The van der Waals surface area contributed by atoms with E-state index >= 15 is 0 Å². The first kappa shape index (κ1) is 10.4. The number of hydrogen-bond donors (Lipinski definition) is 0. The lowest BCUT2D eigenvalue weighted by atomic mass is 10.2. The summed E-state index contributed by atoms with van der Waals surface area (Å²) in [6.07, 6.45) is 1.57. The van der Waals surface area contributed by atoms with Crippen LogP contribution in [-0.2, 0) is 4.74 Å². The van der Waals surface area contributed by atoms with Crippen molar-refractivity contribution in [1.82, 2.24) is 9.38 Å². The minimum atomic E-state index is -0.504. The fraction of sp³-hybridized carbons (Fsp3) is 0.182. The van der Waals surface area contributed by atoms with Crippen molar-refractivity contribution in [3.05, 3.63) is 46.0 Å². The van der Waals surface area contributed by atoms with E-state index in [1.807, 2.05) is 0 Å². The maximum absolute atomic E-state index is 11.6. The minimum Gasteiger partial charge on any atom is -0.465 e. The summed E-state index contributed by atoms with van der Waals surface area (Å²) >= 11 is 0. The maximum atomic E-state index is 11.6. The number of pyridine rings is 1. The van der Waals surface area contributed by atoms with E-state index in [1.165, 1.54) is 17.6 Å². The molecule has 0 atom stereocenters. The maximum Gasteiger partial charge on any atom is 0.341 e. The van der Waals surface area contributed by atoms with Gasteiger partial charge < -0.3 is 4.74 Å². The summed E-state index contributed by atoms with van der Waals surface area (Å²) in [4.78, 5) is 27.3. The Morgan fingerprint density at radius 3 is 2.94 bits per heavy atom. The van der Waals surface area contributed by atoms with Gasteiger partial charge in [-0.25, -0.2) is 9.78 Å². The Labute approximate surface area is 91.3 Å². The molecule has 2 aromatic heterocycles. The molecule has 2 heterocycles. The number of carbonyl (C=O) groups is 1.